The third kappa shape index (κ3) is 6.11. The third-order valence-corrected chi connectivity index (χ3v) is 7.19. The van der Waals surface area contributed by atoms with Crippen molar-refractivity contribution in [1.29, 1.82) is 0 Å². The first-order valence-corrected chi connectivity index (χ1v) is 12.5. The number of para-hydroxylation sites is 2. The first-order chi connectivity index (χ1) is 16.8. The van der Waals surface area contributed by atoms with Crippen molar-refractivity contribution in [2.24, 2.45) is 5.10 Å². The Balaban J connectivity index is 1.86. The number of rotatable bonds is 10. The number of methoxy groups -OCH3 is 3. The molecule has 0 radical (unpaired) electrons. The van der Waals surface area contributed by atoms with E-state index >= 15 is 0 Å². The number of hydrogen-bond donors (Lipinski definition) is 1. The highest BCUT2D eigenvalue weighted by Gasteiger charge is 2.29. The van der Waals surface area contributed by atoms with Gasteiger partial charge in [0.1, 0.15) is 12.3 Å². The number of nitrogens with one attached hydrogen (secondary N) is 1. The van der Waals surface area contributed by atoms with Crippen LogP contribution < -0.4 is 23.9 Å². The van der Waals surface area contributed by atoms with E-state index in [9.17, 15) is 13.2 Å². The number of anilines is 1. The molecule has 0 saturated heterocycles. The Kier molecular flexibility index (Phi) is 8.72. The van der Waals surface area contributed by atoms with Crippen molar-refractivity contribution in [1.82, 2.24) is 5.43 Å². The predicted molar refractivity (Wildman–Crippen MR) is 137 cm³/mol. The summed E-state index contributed by atoms with van der Waals surface area (Å²) in [4.78, 5) is 12.8. The molecule has 0 bridgehead atoms. The highest BCUT2D eigenvalue weighted by Crippen LogP contribution is 2.36. The van der Waals surface area contributed by atoms with Gasteiger partial charge in [-0.1, -0.05) is 30.3 Å². The van der Waals surface area contributed by atoms with E-state index in [-0.39, 0.29) is 10.6 Å². The van der Waals surface area contributed by atoms with Crippen molar-refractivity contribution < 1.29 is 27.4 Å². The fourth-order valence-corrected chi connectivity index (χ4v) is 5.29. The number of hydrogen-bond acceptors (Lipinski definition) is 7. The summed E-state index contributed by atoms with van der Waals surface area (Å²) >= 11 is 3.40. The maximum atomic E-state index is 13.4. The van der Waals surface area contributed by atoms with E-state index in [0.717, 1.165) is 4.31 Å². The number of carbonyl (C=O) groups is 1. The van der Waals surface area contributed by atoms with Crippen LogP contribution in [0.2, 0.25) is 0 Å². The van der Waals surface area contributed by atoms with Crippen LogP contribution in [-0.4, -0.2) is 48.4 Å². The predicted octanol–water partition coefficient (Wildman–Crippen LogP) is 3.82. The molecule has 0 aliphatic carbocycles. The third-order valence-electron chi connectivity index (χ3n) is 4.83. The second kappa shape index (κ2) is 11.7. The molecular weight excluding hydrogens is 538 g/mol. The molecule has 3 aromatic carbocycles. The van der Waals surface area contributed by atoms with Crippen molar-refractivity contribution in [2.75, 3.05) is 32.2 Å². The Bertz CT molecular complexity index is 1320. The zero-order chi connectivity index (χ0) is 25.4. The number of carbonyl (C=O) groups excluding carboxylic acids is 1. The van der Waals surface area contributed by atoms with Crippen molar-refractivity contribution >= 4 is 43.8 Å². The average molecular weight is 562 g/mol. The van der Waals surface area contributed by atoms with Gasteiger partial charge in [0.05, 0.1) is 42.6 Å². The molecule has 0 heterocycles. The van der Waals surface area contributed by atoms with Gasteiger partial charge in [0.15, 0.2) is 11.5 Å². The van der Waals surface area contributed by atoms with Gasteiger partial charge in [0.2, 0.25) is 0 Å². The van der Waals surface area contributed by atoms with Gasteiger partial charge in [-0.2, -0.15) is 5.10 Å². The lowest BCUT2D eigenvalue weighted by atomic mass is 10.2. The van der Waals surface area contributed by atoms with Crippen LogP contribution in [0.1, 0.15) is 5.56 Å². The zero-order valence-electron chi connectivity index (χ0n) is 19.3. The van der Waals surface area contributed by atoms with Crippen molar-refractivity contribution in [3.8, 4) is 17.2 Å². The molecule has 0 aromatic heterocycles. The van der Waals surface area contributed by atoms with Crippen LogP contribution in [0.5, 0.6) is 17.2 Å². The summed E-state index contributed by atoms with van der Waals surface area (Å²) < 4.78 is 44.4. The molecule has 184 valence electrons. The van der Waals surface area contributed by atoms with Gasteiger partial charge < -0.3 is 14.2 Å². The summed E-state index contributed by atoms with van der Waals surface area (Å²) in [5.41, 5.74) is 3.22. The summed E-state index contributed by atoms with van der Waals surface area (Å²) in [6.07, 6.45) is 1.41. The number of halogens is 1. The molecule has 0 unspecified atom stereocenters. The van der Waals surface area contributed by atoms with Crippen molar-refractivity contribution in [3.63, 3.8) is 0 Å². The van der Waals surface area contributed by atoms with E-state index in [4.69, 9.17) is 14.2 Å². The van der Waals surface area contributed by atoms with Crippen molar-refractivity contribution in [3.05, 3.63) is 76.8 Å². The molecule has 1 amide bonds. The molecule has 0 spiro atoms. The topological polar surface area (TPSA) is 107 Å². The van der Waals surface area contributed by atoms with Gasteiger partial charge in [-0.15, -0.1) is 0 Å². The van der Waals surface area contributed by atoms with Gasteiger partial charge in [0, 0.05) is 0 Å². The normalized spacial score (nSPS) is 11.2. The highest BCUT2D eigenvalue weighted by molar-refractivity contribution is 9.10. The Morgan fingerprint density at radius 3 is 2.29 bits per heavy atom. The largest absolute Gasteiger partial charge is 0.495 e. The van der Waals surface area contributed by atoms with Crippen LogP contribution in [0.15, 0.2) is 81.2 Å². The lowest BCUT2D eigenvalue weighted by molar-refractivity contribution is -0.119. The van der Waals surface area contributed by atoms with E-state index in [2.05, 4.69) is 26.5 Å². The minimum atomic E-state index is -4.08. The molecule has 0 aliphatic rings. The first-order valence-electron chi connectivity index (χ1n) is 10.3. The molecule has 0 aliphatic heterocycles. The summed E-state index contributed by atoms with van der Waals surface area (Å²) in [5.74, 6) is 0.655. The number of hydrazone groups is 1. The van der Waals surface area contributed by atoms with Gasteiger partial charge in [-0.3, -0.25) is 9.10 Å². The molecule has 9 nitrogen and oxygen atoms in total. The van der Waals surface area contributed by atoms with Gasteiger partial charge in [-0.05, 0) is 57.9 Å². The Morgan fingerprint density at radius 1 is 0.971 bits per heavy atom. The fraction of sp³-hybridized carbons (Fsp3) is 0.167. The lowest BCUT2D eigenvalue weighted by Gasteiger charge is -2.25. The van der Waals surface area contributed by atoms with E-state index in [1.807, 2.05) is 0 Å². The monoisotopic (exact) mass is 561 g/mol. The van der Waals surface area contributed by atoms with Crippen LogP contribution in [0.3, 0.4) is 0 Å². The molecule has 35 heavy (non-hydrogen) atoms. The minimum Gasteiger partial charge on any atom is -0.495 e. The van der Waals surface area contributed by atoms with E-state index in [1.54, 1.807) is 54.6 Å². The average Bonchev–Trinajstić information content (AvgIpc) is 2.87. The van der Waals surface area contributed by atoms with Crippen LogP contribution in [-0.2, 0) is 14.8 Å². The quantitative estimate of drug-likeness (QED) is 0.298. The number of amides is 1. The summed E-state index contributed by atoms with van der Waals surface area (Å²) in [6, 6.07) is 17.8. The zero-order valence-corrected chi connectivity index (χ0v) is 21.7. The Hall–Kier alpha value is -3.57. The van der Waals surface area contributed by atoms with E-state index in [0.29, 0.717) is 27.3 Å². The van der Waals surface area contributed by atoms with E-state index in [1.165, 1.54) is 39.7 Å². The maximum Gasteiger partial charge on any atom is 0.264 e. The molecule has 3 rings (SSSR count). The van der Waals surface area contributed by atoms with Crippen LogP contribution in [0.4, 0.5) is 5.69 Å². The summed E-state index contributed by atoms with van der Waals surface area (Å²) in [5, 5.41) is 3.96. The van der Waals surface area contributed by atoms with Crippen LogP contribution in [0.25, 0.3) is 0 Å². The first kappa shape index (κ1) is 26.0. The Labute approximate surface area is 212 Å². The molecular formula is C24H24BrN3O6S. The Morgan fingerprint density at radius 2 is 1.63 bits per heavy atom. The van der Waals surface area contributed by atoms with Gasteiger partial charge in [-0.25, -0.2) is 13.8 Å². The second-order valence-electron chi connectivity index (χ2n) is 7.03. The molecule has 3 aromatic rings. The van der Waals surface area contributed by atoms with Crippen molar-refractivity contribution in [2.45, 2.75) is 4.90 Å². The van der Waals surface area contributed by atoms with Crippen LogP contribution >= 0.6 is 15.9 Å². The SMILES string of the molecule is COc1ccccc1N(CC(=O)N/N=C\c1cc(Br)c(OC)c(OC)c1)S(=O)(=O)c1ccccc1. The fourth-order valence-electron chi connectivity index (χ4n) is 3.21. The number of ether oxygens (including phenoxy) is 3. The smallest absolute Gasteiger partial charge is 0.264 e. The van der Waals surface area contributed by atoms with Gasteiger partial charge in [0.25, 0.3) is 15.9 Å². The highest BCUT2D eigenvalue weighted by atomic mass is 79.9. The summed E-state index contributed by atoms with van der Waals surface area (Å²) in [6.45, 7) is -0.523. The van der Waals surface area contributed by atoms with Gasteiger partial charge >= 0.3 is 0 Å². The molecule has 0 atom stereocenters. The lowest BCUT2D eigenvalue weighted by Crippen LogP contribution is -2.39. The standard InChI is InChI=1S/C24H24BrN3O6S/c1-32-21-12-8-7-11-20(21)28(35(30,31)18-9-5-4-6-10-18)16-23(29)27-26-15-17-13-19(25)24(34-3)22(14-17)33-2/h4-15H,16H2,1-3H3,(H,27,29)/b26-15-. The maximum absolute atomic E-state index is 13.4. The molecule has 1 N–H and O–H groups in total. The summed E-state index contributed by atoms with van der Waals surface area (Å²) in [7, 11) is 0.379. The number of sulfonamides is 1. The molecule has 11 heteroatoms. The second-order valence-corrected chi connectivity index (χ2v) is 9.74. The minimum absolute atomic E-state index is 0.0392. The van der Waals surface area contributed by atoms with E-state index < -0.39 is 22.5 Å². The molecule has 0 saturated carbocycles. The number of nitrogens with zero attached hydrogens (tertiary/aromatic N) is 2. The molecule has 0 fully saturated rings. The number of benzene rings is 3. The van der Waals surface area contributed by atoms with Crippen LogP contribution in [0, 0.1) is 0 Å².